The van der Waals surface area contributed by atoms with Crippen LogP contribution >= 0.6 is 0 Å². The Labute approximate surface area is 220 Å². The van der Waals surface area contributed by atoms with E-state index >= 15 is 0 Å². The van der Waals surface area contributed by atoms with Crippen molar-refractivity contribution in [1.29, 1.82) is 0 Å². The van der Waals surface area contributed by atoms with E-state index in [4.69, 9.17) is 13.9 Å². The smallest absolute Gasteiger partial charge is 0.408 e. The molecule has 5 rings (SSSR count). The maximum atomic E-state index is 13.5. The number of ether oxygens (including phenoxy) is 2. The molecule has 0 aliphatic heterocycles. The number of alkyl carbamates (subject to hydrolysis) is 1. The van der Waals surface area contributed by atoms with Crippen LogP contribution < -0.4 is 15.7 Å². The van der Waals surface area contributed by atoms with Crippen molar-refractivity contribution >= 4 is 33.9 Å². The van der Waals surface area contributed by atoms with Gasteiger partial charge in [0, 0.05) is 40.0 Å². The fourth-order valence-corrected chi connectivity index (χ4v) is 5.08. The molecule has 8 nitrogen and oxygen atoms in total. The van der Waals surface area contributed by atoms with Crippen LogP contribution in [0.15, 0.2) is 51.8 Å². The van der Waals surface area contributed by atoms with Crippen molar-refractivity contribution in [2.45, 2.75) is 71.4 Å². The normalized spacial score (nSPS) is 14.2. The molecule has 4 aromatic rings. The van der Waals surface area contributed by atoms with Crippen molar-refractivity contribution in [3.8, 4) is 5.75 Å². The Morgan fingerprint density at radius 2 is 1.79 bits per heavy atom. The Bertz CT molecular complexity index is 1590. The minimum atomic E-state index is -1.02. The van der Waals surface area contributed by atoms with E-state index < -0.39 is 23.7 Å². The average Bonchev–Trinajstić information content (AvgIpc) is 3.27. The second-order valence-corrected chi connectivity index (χ2v) is 10.8. The minimum Gasteiger partial charge on any atom is -0.444 e. The van der Waals surface area contributed by atoms with Crippen LogP contribution in [0.4, 0.5) is 4.79 Å². The monoisotopic (exact) mass is 516 g/mol. The predicted octanol–water partition coefficient (Wildman–Crippen LogP) is 5.50. The van der Waals surface area contributed by atoms with Crippen molar-refractivity contribution in [2.24, 2.45) is 0 Å². The highest BCUT2D eigenvalue weighted by Gasteiger charge is 2.28. The first-order chi connectivity index (χ1) is 18.1. The summed E-state index contributed by atoms with van der Waals surface area (Å²) in [4.78, 5) is 42.0. The Morgan fingerprint density at radius 1 is 1.05 bits per heavy atom. The van der Waals surface area contributed by atoms with Crippen molar-refractivity contribution in [1.82, 2.24) is 10.3 Å². The number of aryl methyl sites for hydroxylation is 2. The molecule has 0 saturated heterocycles. The second-order valence-electron chi connectivity index (χ2n) is 10.8. The van der Waals surface area contributed by atoms with Gasteiger partial charge in [0.2, 0.25) is 0 Å². The molecule has 2 aromatic carbocycles. The van der Waals surface area contributed by atoms with Crippen molar-refractivity contribution in [3.63, 3.8) is 0 Å². The fraction of sp³-hybridized carbons (Fsp3) is 0.367. The third kappa shape index (κ3) is 5.16. The molecule has 0 spiro atoms. The van der Waals surface area contributed by atoms with Crippen LogP contribution in [0.1, 0.15) is 55.9 Å². The number of hydrogen-bond acceptors (Lipinski definition) is 6. The van der Waals surface area contributed by atoms with E-state index in [0.717, 1.165) is 58.7 Å². The topological polar surface area (TPSA) is 111 Å². The van der Waals surface area contributed by atoms with Crippen molar-refractivity contribution < 1.29 is 23.5 Å². The quantitative estimate of drug-likeness (QED) is 0.206. The van der Waals surface area contributed by atoms with E-state index in [2.05, 4.69) is 10.3 Å². The van der Waals surface area contributed by atoms with Crippen LogP contribution in [0.25, 0.3) is 21.9 Å². The summed E-state index contributed by atoms with van der Waals surface area (Å²) in [6.45, 7) is 7.03. The molecular formula is C30H32N2O6. The molecular weight excluding hydrogens is 484 g/mol. The zero-order valence-corrected chi connectivity index (χ0v) is 22.1. The third-order valence-electron chi connectivity index (χ3n) is 6.88. The number of para-hydroxylation sites is 1. The molecule has 198 valence electrons. The van der Waals surface area contributed by atoms with Gasteiger partial charge in [-0.3, -0.25) is 0 Å². The summed E-state index contributed by atoms with van der Waals surface area (Å²) in [5.74, 6) is -0.375. The molecule has 2 heterocycles. The van der Waals surface area contributed by atoms with Crippen LogP contribution in [0.5, 0.6) is 5.75 Å². The summed E-state index contributed by atoms with van der Waals surface area (Å²) in [7, 11) is 0. The summed E-state index contributed by atoms with van der Waals surface area (Å²) in [5, 5.41) is 4.50. The van der Waals surface area contributed by atoms with Crippen LogP contribution in [-0.2, 0) is 28.8 Å². The van der Waals surface area contributed by atoms with Gasteiger partial charge in [0.05, 0.1) is 0 Å². The number of benzene rings is 2. The van der Waals surface area contributed by atoms with Gasteiger partial charge in [-0.2, -0.15) is 0 Å². The van der Waals surface area contributed by atoms with Gasteiger partial charge < -0.3 is 24.2 Å². The summed E-state index contributed by atoms with van der Waals surface area (Å²) >= 11 is 0. The zero-order chi connectivity index (χ0) is 27.0. The molecule has 38 heavy (non-hydrogen) atoms. The molecule has 0 fully saturated rings. The molecule has 0 radical (unpaired) electrons. The molecule has 2 aromatic heterocycles. The molecule has 1 unspecified atom stereocenters. The lowest BCUT2D eigenvalue weighted by atomic mass is 9.90. The lowest BCUT2D eigenvalue weighted by Crippen LogP contribution is -2.46. The Morgan fingerprint density at radius 3 is 2.55 bits per heavy atom. The van der Waals surface area contributed by atoms with Crippen LogP contribution in [0.3, 0.4) is 0 Å². The molecule has 1 amide bonds. The van der Waals surface area contributed by atoms with Gasteiger partial charge in [-0.25, -0.2) is 14.4 Å². The number of rotatable bonds is 5. The minimum absolute atomic E-state index is 0.192. The first kappa shape index (κ1) is 25.6. The number of fused-ring (bicyclic) bond motifs is 4. The number of esters is 1. The van der Waals surface area contributed by atoms with Crippen molar-refractivity contribution in [3.05, 3.63) is 75.3 Å². The molecule has 0 bridgehead atoms. The maximum Gasteiger partial charge on any atom is 0.408 e. The molecule has 1 atom stereocenters. The van der Waals surface area contributed by atoms with Gasteiger partial charge in [-0.15, -0.1) is 0 Å². The number of nitrogens with one attached hydrogen (secondary N) is 2. The Kier molecular flexibility index (Phi) is 6.73. The number of aromatic amines is 1. The zero-order valence-electron chi connectivity index (χ0n) is 22.1. The van der Waals surface area contributed by atoms with Crippen molar-refractivity contribution in [2.75, 3.05) is 0 Å². The molecule has 8 heteroatoms. The predicted molar refractivity (Wildman–Crippen MR) is 145 cm³/mol. The second kappa shape index (κ2) is 10.0. The third-order valence-corrected chi connectivity index (χ3v) is 6.88. The van der Waals surface area contributed by atoms with Gasteiger partial charge in [-0.05, 0) is 82.7 Å². The number of amides is 1. The van der Waals surface area contributed by atoms with E-state index in [9.17, 15) is 14.4 Å². The Hall–Kier alpha value is -4.07. The lowest BCUT2D eigenvalue weighted by molar-refractivity contribution is -0.136. The largest absolute Gasteiger partial charge is 0.444 e. The molecule has 1 aliphatic rings. The van der Waals surface area contributed by atoms with Gasteiger partial charge in [-0.1, -0.05) is 18.2 Å². The number of carbonyl (C=O) groups excluding carboxylic acids is 2. The summed E-state index contributed by atoms with van der Waals surface area (Å²) in [5.41, 5.74) is 3.47. The molecule has 0 saturated carbocycles. The highest BCUT2D eigenvalue weighted by molar-refractivity contribution is 5.89. The summed E-state index contributed by atoms with van der Waals surface area (Å²) < 4.78 is 16.9. The van der Waals surface area contributed by atoms with Crippen LogP contribution in [-0.4, -0.2) is 28.7 Å². The van der Waals surface area contributed by atoms with Gasteiger partial charge in [0.15, 0.2) is 0 Å². The fourth-order valence-electron chi connectivity index (χ4n) is 5.08. The number of aromatic nitrogens is 1. The highest BCUT2D eigenvalue weighted by Crippen LogP contribution is 2.33. The van der Waals surface area contributed by atoms with E-state index in [-0.39, 0.29) is 17.8 Å². The van der Waals surface area contributed by atoms with Gasteiger partial charge in [0.25, 0.3) is 0 Å². The van der Waals surface area contributed by atoms with E-state index in [1.807, 2.05) is 36.5 Å². The maximum absolute atomic E-state index is 13.5. The van der Waals surface area contributed by atoms with Gasteiger partial charge in [0.1, 0.15) is 23.0 Å². The average molecular weight is 517 g/mol. The number of H-pyrrole nitrogens is 1. The first-order valence-corrected chi connectivity index (χ1v) is 12.9. The first-order valence-electron chi connectivity index (χ1n) is 12.9. The summed E-state index contributed by atoms with van der Waals surface area (Å²) in [6, 6.07) is 10.3. The standard InChI is InChI=1S/C30H32N2O6/c1-17-25(14-13-21-20-10-5-6-11-22(20)27(33)37-26(17)21)36-28(34)24(32-29(35)38-30(2,3)4)15-18-16-31-23-12-8-7-9-19(18)23/h7-9,12-14,16,24,31H,5-6,10-11,15H2,1-4H3,(H,32,35). The Balaban J connectivity index is 1.45. The number of carbonyl (C=O) groups is 2. The van der Waals surface area contributed by atoms with E-state index in [1.54, 1.807) is 33.8 Å². The van der Waals surface area contributed by atoms with Crippen LogP contribution in [0.2, 0.25) is 0 Å². The summed E-state index contributed by atoms with van der Waals surface area (Å²) in [6.07, 6.45) is 4.83. The molecule has 1 aliphatic carbocycles. The number of hydrogen-bond donors (Lipinski definition) is 2. The van der Waals surface area contributed by atoms with E-state index in [1.165, 1.54) is 0 Å². The van der Waals surface area contributed by atoms with Crippen LogP contribution in [0, 0.1) is 6.92 Å². The SMILES string of the molecule is Cc1c(OC(=O)C(Cc2c[nH]c3ccccc23)NC(=O)OC(C)(C)C)ccc2c3c(c(=O)oc12)CCCC3. The highest BCUT2D eigenvalue weighted by atomic mass is 16.6. The lowest BCUT2D eigenvalue weighted by Gasteiger charge is -2.23. The molecule has 2 N–H and O–H groups in total. The van der Waals surface area contributed by atoms with E-state index in [0.29, 0.717) is 11.1 Å². The van der Waals surface area contributed by atoms with Gasteiger partial charge >= 0.3 is 17.7 Å².